The first kappa shape index (κ1) is 27.4. The van der Waals surface area contributed by atoms with E-state index in [4.69, 9.17) is 21.1 Å². The number of nitrogens with zero attached hydrogens (tertiary/aromatic N) is 1. The highest BCUT2D eigenvalue weighted by Gasteiger charge is 2.34. The maximum absolute atomic E-state index is 13.6. The molecule has 3 aromatic rings. The standard InChI is InChI=1S/C27H28BrClN2O5S/c1-35-24-14-9-18(16-25(24)36-2)26(22-7-3-4-8-23(22)29)30-27(32)19-6-5-15-31(17-19)37(33,34)21-12-10-20(28)11-13-21/h3-4,7-14,16,19,26H,5-6,15,17H2,1-2H3,(H,30,32). The lowest BCUT2D eigenvalue weighted by Crippen LogP contribution is -2.46. The molecule has 4 rings (SSSR count). The summed E-state index contributed by atoms with van der Waals surface area (Å²) in [6.45, 7) is 0.469. The Balaban J connectivity index is 1.60. The predicted octanol–water partition coefficient (Wildman–Crippen LogP) is 5.43. The van der Waals surface area contributed by atoms with Crippen LogP contribution in [0.15, 0.2) is 76.1 Å². The van der Waals surface area contributed by atoms with E-state index in [1.807, 2.05) is 24.3 Å². The Morgan fingerprint density at radius 1 is 1.05 bits per heavy atom. The number of carbonyl (C=O) groups excluding carboxylic acids is 1. The molecule has 0 spiro atoms. The average molecular weight is 608 g/mol. The summed E-state index contributed by atoms with van der Waals surface area (Å²) in [5.74, 6) is 0.340. The molecule has 2 unspecified atom stereocenters. The number of methoxy groups -OCH3 is 2. The van der Waals surface area contributed by atoms with Gasteiger partial charge in [0, 0.05) is 22.6 Å². The maximum Gasteiger partial charge on any atom is 0.243 e. The Morgan fingerprint density at radius 3 is 2.43 bits per heavy atom. The molecule has 0 aromatic heterocycles. The highest BCUT2D eigenvalue weighted by molar-refractivity contribution is 9.10. The monoisotopic (exact) mass is 606 g/mol. The van der Waals surface area contributed by atoms with E-state index in [1.54, 1.807) is 56.7 Å². The van der Waals surface area contributed by atoms with E-state index in [0.29, 0.717) is 35.9 Å². The first-order chi connectivity index (χ1) is 17.7. The molecule has 0 aliphatic carbocycles. The highest BCUT2D eigenvalue weighted by Crippen LogP contribution is 2.35. The van der Waals surface area contributed by atoms with Crippen LogP contribution in [-0.2, 0) is 14.8 Å². The fourth-order valence-corrected chi connectivity index (χ4v) is 6.51. The molecule has 1 aliphatic heterocycles. The Kier molecular flexibility index (Phi) is 8.79. The number of hydrogen-bond acceptors (Lipinski definition) is 5. The molecule has 0 radical (unpaired) electrons. The molecule has 1 fully saturated rings. The van der Waals surface area contributed by atoms with Gasteiger partial charge in [-0.05, 0) is 66.4 Å². The molecule has 0 bridgehead atoms. The zero-order chi connectivity index (χ0) is 26.6. The van der Waals surface area contributed by atoms with Crippen molar-refractivity contribution in [2.45, 2.75) is 23.8 Å². The normalized spacial score (nSPS) is 17.1. The topological polar surface area (TPSA) is 84.9 Å². The van der Waals surface area contributed by atoms with Gasteiger partial charge in [-0.15, -0.1) is 0 Å². The summed E-state index contributed by atoms with van der Waals surface area (Å²) in [6.07, 6.45) is 1.17. The van der Waals surface area contributed by atoms with Crippen molar-refractivity contribution < 1.29 is 22.7 Å². The fraction of sp³-hybridized carbons (Fsp3) is 0.296. The first-order valence-corrected chi connectivity index (χ1v) is 14.4. The minimum Gasteiger partial charge on any atom is -0.493 e. The summed E-state index contributed by atoms with van der Waals surface area (Å²) in [4.78, 5) is 13.8. The van der Waals surface area contributed by atoms with E-state index >= 15 is 0 Å². The van der Waals surface area contributed by atoms with Gasteiger partial charge < -0.3 is 14.8 Å². The summed E-state index contributed by atoms with van der Waals surface area (Å²) in [6, 6.07) is 18.7. The van der Waals surface area contributed by atoms with Crippen molar-refractivity contribution in [1.29, 1.82) is 0 Å². The Morgan fingerprint density at radius 2 is 1.76 bits per heavy atom. The molecular weight excluding hydrogens is 580 g/mol. The summed E-state index contributed by atoms with van der Waals surface area (Å²) in [7, 11) is -0.614. The molecule has 1 aliphatic rings. The molecule has 3 aromatic carbocycles. The van der Waals surface area contributed by atoms with Crippen LogP contribution in [0.3, 0.4) is 0 Å². The van der Waals surface area contributed by atoms with Crippen molar-refractivity contribution in [3.05, 3.63) is 87.4 Å². The quantitative estimate of drug-likeness (QED) is 0.369. The van der Waals surface area contributed by atoms with Gasteiger partial charge in [0.15, 0.2) is 11.5 Å². The van der Waals surface area contributed by atoms with Crippen LogP contribution >= 0.6 is 27.5 Å². The van der Waals surface area contributed by atoms with Crippen LogP contribution in [0.5, 0.6) is 11.5 Å². The SMILES string of the molecule is COc1ccc(C(NC(=O)C2CCCN(S(=O)(=O)c3ccc(Br)cc3)C2)c2ccccc2Cl)cc1OC. The number of hydrogen-bond donors (Lipinski definition) is 1. The number of halogens is 2. The van der Waals surface area contributed by atoms with E-state index in [1.165, 1.54) is 4.31 Å². The zero-order valence-electron chi connectivity index (χ0n) is 20.5. The van der Waals surface area contributed by atoms with Crippen LogP contribution in [0.25, 0.3) is 0 Å². The molecule has 7 nitrogen and oxygen atoms in total. The Labute approximate surface area is 230 Å². The van der Waals surface area contributed by atoms with Crippen LogP contribution in [0.2, 0.25) is 5.02 Å². The zero-order valence-corrected chi connectivity index (χ0v) is 23.6. The van der Waals surface area contributed by atoms with Gasteiger partial charge >= 0.3 is 0 Å². The molecule has 1 amide bonds. The summed E-state index contributed by atoms with van der Waals surface area (Å²) in [5.41, 5.74) is 1.48. The van der Waals surface area contributed by atoms with E-state index in [-0.39, 0.29) is 17.3 Å². The molecule has 1 heterocycles. The minimum absolute atomic E-state index is 0.103. The third kappa shape index (κ3) is 6.12. The van der Waals surface area contributed by atoms with Gasteiger partial charge in [-0.2, -0.15) is 4.31 Å². The van der Waals surface area contributed by atoms with Crippen LogP contribution in [0, 0.1) is 5.92 Å². The van der Waals surface area contributed by atoms with Crippen molar-refractivity contribution in [2.24, 2.45) is 5.92 Å². The van der Waals surface area contributed by atoms with Gasteiger partial charge in [0.05, 0.1) is 31.1 Å². The lowest BCUT2D eigenvalue weighted by atomic mass is 9.94. The Bertz CT molecular complexity index is 1370. The number of carbonyl (C=O) groups is 1. The number of sulfonamides is 1. The van der Waals surface area contributed by atoms with Crippen molar-refractivity contribution in [1.82, 2.24) is 9.62 Å². The van der Waals surface area contributed by atoms with Crippen molar-refractivity contribution >= 4 is 43.5 Å². The third-order valence-electron chi connectivity index (χ3n) is 6.45. The molecule has 0 saturated carbocycles. The lowest BCUT2D eigenvalue weighted by Gasteiger charge is -2.32. The first-order valence-electron chi connectivity index (χ1n) is 11.8. The number of rotatable bonds is 8. The third-order valence-corrected chi connectivity index (χ3v) is 9.20. The highest BCUT2D eigenvalue weighted by atomic mass is 79.9. The van der Waals surface area contributed by atoms with Crippen LogP contribution in [0.4, 0.5) is 0 Å². The van der Waals surface area contributed by atoms with Gasteiger partial charge in [0.1, 0.15) is 0 Å². The van der Waals surface area contributed by atoms with E-state index < -0.39 is 22.0 Å². The molecule has 1 saturated heterocycles. The van der Waals surface area contributed by atoms with Crippen LogP contribution < -0.4 is 14.8 Å². The average Bonchev–Trinajstić information content (AvgIpc) is 2.92. The second-order valence-corrected chi connectivity index (χ2v) is 12.0. The maximum atomic E-state index is 13.6. The van der Waals surface area contributed by atoms with E-state index in [2.05, 4.69) is 21.2 Å². The van der Waals surface area contributed by atoms with Crippen LogP contribution in [-0.4, -0.2) is 45.9 Å². The van der Waals surface area contributed by atoms with E-state index in [9.17, 15) is 13.2 Å². The summed E-state index contributed by atoms with van der Waals surface area (Å²) >= 11 is 9.87. The molecular formula is C27H28BrClN2O5S. The van der Waals surface area contributed by atoms with Gasteiger partial charge in [-0.3, -0.25) is 4.79 Å². The number of ether oxygens (including phenoxy) is 2. The van der Waals surface area contributed by atoms with E-state index in [0.717, 1.165) is 15.6 Å². The molecule has 196 valence electrons. The minimum atomic E-state index is -3.72. The fourth-order valence-electron chi connectivity index (χ4n) is 4.47. The van der Waals surface area contributed by atoms with Gasteiger partial charge in [-0.25, -0.2) is 8.42 Å². The summed E-state index contributed by atoms with van der Waals surface area (Å²) in [5, 5.41) is 3.63. The predicted molar refractivity (Wildman–Crippen MR) is 147 cm³/mol. The summed E-state index contributed by atoms with van der Waals surface area (Å²) < 4.78 is 39.5. The number of piperidine rings is 1. The number of amides is 1. The van der Waals surface area contributed by atoms with Crippen molar-refractivity contribution in [2.75, 3.05) is 27.3 Å². The number of benzene rings is 3. The lowest BCUT2D eigenvalue weighted by molar-refractivity contribution is -0.126. The van der Waals surface area contributed by atoms with Crippen LogP contribution in [0.1, 0.15) is 30.0 Å². The largest absolute Gasteiger partial charge is 0.493 e. The molecule has 37 heavy (non-hydrogen) atoms. The van der Waals surface area contributed by atoms with Gasteiger partial charge in [0.2, 0.25) is 15.9 Å². The smallest absolute Gasteiger partial charge is 0.243 e. The molecule has 2 atom stereocenters. The molecule has 10 heteroatoms. The van der Waals surface area contributed by atoms with Gasteiger partial charge in [-0.1, -0.05) is 51.8 Å². The molecule has 1 N–H and O–H groups in total. The second kappa shape index (κ2) is 11.9. The van der Waals surface area contributed by atoms with Crippen molar-refractivity contribution in [3.63, 3.8) is 0 Å². The van der Waals surface area contributed by atoms with Gasteiger partial charge in [0.25, 0.3) is 0 Å². The number of nitrogens with one attached hydrogen (secondary N) is 1. The Hall–Kier alpha value is -2.59. The van der Waals surface area contributed by atoms with Crippen molar-refractivity contribution in [3.8, 4) is 11.5 Å². The second-order valence-electron chi connectivity index (χ2n) is 8.73.